The summed E-state index contributed by atoms with van der Waals surface area (Å²) in [5.74, 6) is -0.705. The topological polar surface area (TPSA) is 37.3 Å². The zero-order chi connectivity index (χ0) is 10.1. The van der Waals surface area contributed by atoms with Crippen LogP contribution in [0.1, 0.15) is 12.0 Å². The van der Waals surface area contributed by atoms with Gasteiger partial charge in [0, 0.05) is 9.37 Å². The van der Waals surface area contributed by atoms with Crippen molar-refractivity contribution >= 4 is 33.7 Å². The molecule has 2 rings (SSSR count). The highest BCUT2D eigenvalue weighted by atomic mass is 79.9. The monoisotopic (exact) mass is 272 g/mol. The zero-order valence-electron chi connectivity index (χ0n) is 7.37. The minimum Gasteiger partial charge on any atom is -0.480 e. The van der Waals surface area contributed by atoms with Crippen LogP contribution in [0.15, 0.2) is 27.6 Å². The van der Waals surface area contributed by atoms with E-state index in [1.54, 1.807) is 0 Å². The lowest BCUT2D eigenvalue weighted by molar-refractivity contribution is -0.136. The minimum atomic E-state index is -0.705. The lowest BCUT2D eigenvalue weighted by atomic mass is 10.1. The molecule has 0 fully saturated rings. The van der Waals surface area contributed by atoms with E-state index in [0.29, 0.717) is 0 Å². The van der Waals surface area contributed by atoms with Crippen molar-refractivity contribution in [2.24, 2.45) is 0 Å². The first-order chi connectivity index (χ1) is 6.66. The molecule has 1 aliphatic rings. The Kier molecular flexibility index (Phi) is 2.83. The first-order valence-corrected chi connectivity index (χ1v) is 6.02. The summed E-state index contributed by atoms with van der Waals surface area (Å²) in [5.41, 5.74) is 1.25. The molecule has 1 heterocycles. The number of carboxylic acids is 1. The summed E-state index contributed by atoms with van der Waals surface area (Å²) in [5, 5.41) is 8.61. The predicted octanol–water partition coefficient (Wildman–Crippen LogP) is 2.94. The number of benzene rings is 1. The quantitative estimate of drug-likeness (QED) is 0.854. The summed E-state index contributed by atoms with van der Waals surface area (Å²) in [7, 11) is 0. The van der Waals surface area contributed by atoms with E-state index >= 15 is 0 Å². The van der Waals surface area contributed by atoms with Crippen molar-refractivity contribution in [3.05, 3.63) is 28.2 Å². The van der Waals surface area contributed by atoms with Crippen molar-refractivity contribution in [1.29, 1.82) is 0 Å². The SMILES string of the molecule is O=C(O)C1CCc2cc(Br)ccc2S1. The highest BCUT2D eigenvalue weighted by Crippen LogP contribution is 2.36. The molecular formula is C10H9BrO2S. The van der Waals surface area contributed by atoms with Gasteiger partial charge in [-0.15, -0.1) is 11.8 Å². The Hall–Kier alpha value is -0.480. The summed E-state index contributed by atoms with van der Waals surface area (Å²) in [6, 6.07) is 6.01. The fourth-order valence-corrected chi connectivity index (χ4v) is 3.04. The predicted molar refractivity (Wildman–Crippen MR) is 59.7 cm³/mol. The fraction of sp³-hybridized carbons (Fsp3) is 0.300. The molecule has 4 heteroatoms. The van der Waals surface area contributed by atoms with Crippen LogP contribution in [0.3, 0.4) is 0 Å². The normalized spacial score (nSPS) is 20.2. The smallest absolute Gasteiger partial charge is 0.316 e. The number of rotatable bonds is 1. The second-order valence-corrected chi connectivity index (χ2v) is 5.40. The molecule has 1 unspecified atom stereocenters. The van der Waals surface area contributed by atoms with Crippen LogP contribution in [-0.2, 0) is 11.2 Å². The summed E-state index contributed by atoms with van der Waals surface area (Å²) in [6.45, 7) is 0. The van der Waals surface area contributed by atoms with Gasteiger partial charge in [-0.3, -0.25) is 4.79 Å². The van der Waals surface area contributed by atoms with Crippen molar-refractivity contribution in [2.45, 2.75) is 23.0 Å². The number of hydrogen-bond donors (Lipinski definition) is 1. The number of hydrogen-bond acceptors (Lipinski definition) is 2. The maximum Gasteiger partial charge on any atom is 0.316 e. The van der Waals surface area contributed by atoms with Crippen molar-refractivity contribution < 1.29 is 9.90 Å². The third-order valence-corrected chi connectivity index (χ3v) is 4.11. The number of thioether (sulfide) groups is 1. The molecule has 0 radical (unpaired) electrons. The van der Waals surface area contributed by atoms with Crippen LogP contribution < -0.4 is 0 Å². The van der Waals surface area contributed by atoms with Crippen LogP contribution in [0.4, 0.5) is 0 Å². The van der Waals surface area contributed by atoms with Crippen LogP contribution >= 0.6 is 27.7 Å². The molecule has 1 N–H and O–H groups in total. The fourth-order valence-electron chi connectivity index (χ4n) is 1.53. The van der Waals surface area contributed by atoms with Crippen LogP contribution in [0.5, 0.6) is 0 Å². The Morgan fingerprint density at radius 2 is 2.36 bits per heavy atom. The zero-order valence-corrected chi connectivity index (χ0v) is 9.77. The van der Waals surface area contributed by atoms with Gasteiger partial charge in [0.1, 0.15) is 5.25 Å². The molecule has 0 amide bonds. The van der Waals surface area contributed by atoms with E-state index in [4.69, 9.17) is 5.11 Å². The maximum atomic E-state index is 10.8. The average Bonchev–Trinajstić information content (AvgIpc) is 2.16. The molecule has 2 nitrogen and oxygen atoms in total. The van der Waals surface area contributed by atoms with Gasteiger partial charge >= 0.3 is 5.97 Å². The Bertz CT molecular complexity index is 378. The van der Waals surface area contributed by atoms with Gasteiger partial charge in [-0.05, 0) is 36.6 Å². The van der Waals surface area contributed by atoms with E-state index in [-0.39, 0.29) is 5.25 Å². The maximum absolute atomic E-state index is 10.8. The molecule has 1 aliphatic heterocycles. The van der Waals surface area contributed by atoms with Crippen molar-refractivity contribution in [1.82, 2.24) is 0 Å². The molecule has 1 aromatic rings. The summed E-state index contributed by atoms with van der Waals surface area (Å²) in [6.07, 6.45) is 1.59. The van der Waals surface area contributed by atoms with Crippen LogP contribution in [0.2, 0.25) is 0 Å². The highest BCUT2D eigenvalue weighted by molar-refractivity contribution is 9.10. The third-order valence-electron chi connectivity index (χ3n) is 2.24. The molecule has 14 heavy (non-hydrogen) atoms. The molecule has 74 valence electrons. The van der Waals surface area contributed by atoms with E-state index < -0.39 is 5.97 Å². The number of aryl methyl sites for hydroxylation is 1. The van der Waals surface area contributed by atoms with Gasteiger partial charge in [-0.1, -0.05) is 15.9 Å². The molecular weight excluding hydrogens is 264 g/mol. The van der Waals surface area contributed by atoms with Gasteiger partial charge in [0.15, 0.2) is 0 Å². The van der Waals surface area contributed by atoms with E-state index in [9.17, 15) is 4.79 Å². The number of carbonyl (C=O) groups is 1. The Labute approximate surface area is 94.8 Å². The lowest BCUT2D eigenvalue weighted by Gasteiger charge is -2.20. The van der Waals surface area contributed by atoms with Gasteiger partial charge in [-0.25, -0.2) is 0 Å². The Morgan fingerprint density at radius 3 is 3.07 bits per heavy atom. The number of carboxylic acid groups (broad SMARTS) is 1. The Balaban J connectivity index is 2.27. The van der Waals surface area contributed by atoms with Crippen molar-refractivity contribution in [3.8, 4) is 0 Å². The summed E-state index contributed by atoms with van der Waals surface area (Å²) < 4.78 is 1.06. The van der Waals surface area contributed by atoms with Crippen LogP contribution in [-0.4, -0.2) is 16.3 Å². The van der Waals surface area contributed by atoms with E-state index in [1.807, 2.05) is 12.1 Å². The molecule has 0 saturated heterocycles. The largest absolute Gasteiger partial charge is 0.480 e. The van der Waals surface area contributed by atoms with Crippen molar-refractivity contribution in [2.75, 3.05) is 0 Å². The van der Waals surface area contributed by atoms with Gasteiger partial charge in [0.05, 0.1) is 0 Å². The third kappa shape index (κ3) is 1.96. The second-order valence-electron chi connectivity index (χ2n) is 3.24. The first-order valence-electron chi connectivity index (χ1n) is 4.35. The summed E-state index contributed by atoms with van der Waals surface area (Å²) in [4.78, 5) is 11.9. The lowest BCUT2D eigenvalue weighted by Crippen LogP contribution is -2.20. The van der Waals surface area contributed by atoms with Gasteiger partial charge in [0.2, 0.25) is 0 Å². The molecule has 0 bridgehead atoms. The number of aliphatic carboxylic acids is 1. The number of halogens is 1. The minimum absolute atomic E-state index is 0.274. The first kappa shape index (κ1) is 10.1. The van der Waals surface area contributed by atoms with E-state index in [1.165, 1.54) is 17.3 Å². The molecule has 0 spiro atoms. The number of fused-ring (bicyclic) bond motifs is 1. The van der Waals surface area contributed by atoms with E-state index in [2.05, 4.69) is 22.0 Å². The molecule has 1 aromatic carbocycles. The molecule has 1 atom stereocenters. The van der Waals surface area contributed by atoms with Gasteiger partial charge in [0.25, 0.3) is 0 Å². The van der Waals surface area contributed by atoms with Crippen LogP contribution in [0.25, 0.3) is 0 Å². The van der Waals surface area contributed by atoms with Gasteiger partial charge in [-0.2, -0.15) is 0 Å². The molecule has 0 aliphatic carbocycles. The standard InChI is InChI=1S/C10H9BrO2S/c11-7-2-4-8-6(5-7)1-3-9(14-8)10(12)13/h2,4-5,9H,1,3H2,(H,12,13). The summed E-state index contributed by atoms with van der Waals surface area (Å²) >= 11 is 4.86. The van der Waals surface area contributed by atoms with Gasteiger partial charge < -0.3 is 5.11 Å². The van der Waals surface area contributed by atoms with Crippen LogP contribution in [0, 0.1) is 0 Å². The highest BCUT2D eigenvalue weighted by Gasteiger charge is 2.24. The van der Waals surface area contributed by atoms with E-state index in [0.717, 1.165) is 22.2 Å². The second kappa shape index (κ2) is 3.95. The van der Waals surface area contributed by atoms with Crippen molar-refractivity contribution in [3.63, 3.8) is 0 Å². The molecule has 0 aromatic heterocycles. The molecule has 0 saturated carbocycles. The Morgan fingerprint density at radius 1 is 1.57 bits per heavy atom. The average molecular weight is 273 g/mol.